The molecule has 24 heavy (non-hydrogen) atoms. The summed E-state index contributed by atoms with van der Waals surface area (Å²) in [6, 6.07) is 11.7. The van der Waals surface area contributed by atoms with E-state index >= 15 is 0 Å². The molecule has 0 radical (unpaired) electrons. The average molecular weight is 318 g/mol. The lowest BCUT2D eigenvalue weighted by molar-refractivity contribution is 0.0991. The molecule has 0 atom stereocenters. The Kier molecular flexibility index (Phi) is 3.73. The van der Waals surface area contributed by atoms with Gasteiger partial charge in [-0.05, 0) is 48.6 Å². The van der Waals surface area contributed by atoms with Crippen molar-refractivity contribution in [1.29, 1.82) is 0 Å². The predicted octanol–water partition coefficient (Wildman–Crippen LogP) is 3.67. The quantitative estimate of drug-likeness (QED) is 0.847. The molecule has 1 aromatic heterocycles. The molecule has 1 aromatic carbocycles. The maximum Gasteiger partial charge on any atom is 0.205 e. The summed E-state index contributed by atoms with van der Waals surface area (Å²) in [7, 11) is 0. The molecule has 2 aromatic rings. The van der Waals surface area contributed by atoms with Gasteiger partial charge >= 0.3 is 0 Å². The van der Waals surface area contributed by atoms with E-state index in [1.165, 1.54) is 18.6 Å². The van der Waals surface area contributed by atoms with Gasteiger partial charge in [-0.2, -0.15) is 0 Å². The molecule has 120 valence electrons. The minimum absolute atomic E-state index is 0.152. The Morgan fingerprint density at radius 2 is 1.58 bits per heavy atom. The van der Waals surface area contributed by atoms with Crippen LogP contribution in [0.2, 0.25) is 0 Å². The third-order valence-corrected chi connectivity index (χ3v) is 4.64. The fourth-order valence-electron chi connectivity index (χ4n) is 3.40. The van der Waals surface area contributed by atoms with E-state index in [1.807, 2.05) is 36.4 Å². The van der Waals surface area contributed by atoms with Gasteiger partial charge in [-0.3, -0.25) is 9.59 Å². The van der Waals surface area contributed by atoms with Crippen LogP contribution in [0.25, 0.3) is 11.1 Å². The number of fused-ring (bicyclic) bond motifs is 1. The van der Waals surface area contributed by atoms with Crippen molar-refractivity contribution in [3.05, 3.63) is 59.8 Å². The van der Waals surface area contributed by atoms with E-state index in [9.17, 15) is 9.59 Å². The molecule has 0 saturated carbocycles. The van der Waals surface area contributed by atoms with Crippen molar-refractivity contribution >= 4 is 17.4 Å². The number of allylic oxidation sites excluding steroid dienone is 2. The van der Waals surface area contributed by atoms with Gasteiger partial charge in [-0.1, -0.05) is 30.3 Å². The van der Waals surface area contributed by atoms with E-state index in [4.69, 9.17) is 0 Å². The SMILES string of the molecule is O=C1C=CC(=O)c2c(-c3ccccc3)cc(N3CCCCC3)nc21. The molecule has 1 aliphatic heterocycles. The first kappa shape index (κ1) is 14.8. The molecule has 0 amide bonds. The van der Waals surface area contributed by atoms with E-state index in [2.05, 4.69) is 9.88 Å². The summed E-state index contributed by atoms with van der Waals surface area (Å²) >= 11 is 0. The van der Waals surface area contributed by atoms with Gasteiger partial charge in [0.1, 0.15) is 11.5 Å². The number of nitrogens with zero attached hydrogens (tertiary/aromatic N) is 2. The van der Waals surface area contributed by atoms with Crippen molar-refractivity contribution in [2.24, 2.45) is 0 Å². The topological polar surface area (TPSA) is 50.3 Å². The highest BCUT2D eigenvalue weighted by molar-refractivity contribution is 6.23. The van der Waals surface area contributed by atoms with Gasteiger partial charge in [0.15, 0.2) is 5.78 Å². The fourth-order valence-corrected chi connectivity index (χ4v) is 3.40. The molecule has 0 unspecified atom stereocenters. The highest BCUT2D eigenvalue weighted by atomic mass is 16.1. The molecule has 1 aliphatic carbocycles. The maximum atomic E-state index is 12.4. The van der Waals surface area contributed by atoms with Crippen molar-refractivity contribution in [3.8, 4) is 11.1 Å². The first-order valence-corrected chi connectivity index (χ1v) is 8.36. The number of aromatic nitrogens is 1. The van der Waals surface area contributed by atoms with Gasteiger partial charge < -0.3 is 4.90 Å². The zero-order valence-corrected chi connectivity index (χ0v) is 13.4. The summed E-state index contributed by atoms with van der Waals surface area (Å²) in [6.07, 6.45) is 6.16. The van der Waals surface area contributed by atoms with Gasteiger partial charge in [0.2, 0.25) is 5.78 Å². The number of anilines is 1. The van der Waals surface area contributed by atoms with Gasteiger partial charge in [0.05, 0.1) is 5.56 Å². The molecule has 4 rings (SSSR count). The molecule has 0 spiro atoms. The van der Waals surface area contributed by atoms with E-state index < -0.39 is 0 Å². The van der Waals surface area contributed by atoms with Crippen LogP contribution in [-0.2, 0) is 0 Å². The Labute approximate surface area is 140 Å². The Hall–Kier alpha value is -2.75. The van der Waals surface area contributed by atoms with E-state index in [1.54, 1.807) is 0 Å². The number of benzene rings is 1. The zero-order valence-electron chi connectivity index (χ0n) is 13.4. The summed E-state index contributed by atoms with van der Waals surface area (Å²) in [6.45, 7) is 1.88. The summed E-state index contributed by atoms with van der Waals surface area (Å²) in [5.41, 5.74) is 2.44. The zero-order chi connectivity index (χ0) is 16.5. The molecule has 2 aliphatic rings. The van der Waals surface area contributed by atoms with Crippen molar-refractivity contribution in [2.75, 3.05) is 18.0 Å². The monoisotopic (exact) mass is 318 g/mol. The average Bonchev–Trinajstić information content (AvgIpc) is 2.65. The largest absolute Gasteiger partial charge is 0.357 e. The van der Waals surface area contributed by atoms with Crippen LogP contribution in [0.3, 0.4) is 0 Å². The first-order valence-electron chi connectivity index (χ1n) is 8.36. The molecule has 1 saturated heterocycles. The highest BCUT2D eigenvalue weighted by Crippen LogP contribution is 2.32. The normalized spacial score (nSPS) is 17.1. The molecule has 2 heterocycles. The second-order valence-corrected chi connectivity index (χ2v) is 6.23. The molecule has 0 N–H and O–H groups in total. The lowest BCUT2D eigenvalue weighted by Gasteiger charge is -2.29. The van der Waals surface area contributed by atoms with Crippen LogP contribution in [0.4, 0.5) is 5.82 Å². The number of carbonyl (C=O) groups is 2. The Bertz CT molecular complexity index is 834. The van der Waals surface area contributed by atoms with Crippen LogP contribution >= 0.6 is 0 Å². The van der Waals surface area contributed by atoms with Crippen LogP contribution in [-0.4, -0.2) is 29.6 Å². The van der Waals surface area contributed by atoms with Crippen LogP contribution < -0.4 is 4.90 Å². The third kappa shape index (κ3) is 2.54. The highest BCUT2D eigenvalue weighted by Gasteiger charge is 2.27. The smallest absolute Gasteiger partial charge is 0.205 e. The number of ketones is 2. The molecular weight excluding hydrogens is 300 g/mol. The van der Waals surface area contributed by atoms with Crippen molar-refractivity contribution in [1.82, 2.24) is 4.98 Å². The standard InChI is InChI=1S/C20H18N2O2/c23-16-9-10-17(24)20-19(16)15(14-7-3-1-4-8-14)13-18(21-20)22-11-5-2-6-12-22/h1,3-4,7-10,13H,2,5-6,11-12H2. The van der Waals surface area contributed by atoms with Crippen LogP contribution in [0.15, 0.2) is 48.6 Å². The van der Waals surface area contributed by atoms with Crippen molar-refractivity contribution in [2.45, 2.75) is 19.3 Å². The van der Waals surface area contributed by atoms with E-state index in [0.717, 1.165) is 42.9 Å². The first-order chi connectivity index (χ1) is 11.7. The minimum Gasteiger partial charge on any atom is -0.357 e. The predicted molar refractivity (Wildman–Crippen MR) is 93.5 cm³/mol. The molecule has 0 bridgehead atoms. The minimum atomic E-state index is -0.194. The number of pyridine rings is 1. The molecule has 4 nitrogen and oxygen atoms in total. The number of piperidine rings is 1. The summed E-state index contributed by atoms with van der Waals surface area (Å²) in [5, 5.41) is 0. The van der Waals surface area contributed by atoms with Gasteiger partial charge in [0, 0.05) is 13.1 Å². The van der Waals surface area contributed by atoms with E-state index in [-0.39, 0.29) is 17.3 Å². The van der Waals surface area contributed by atoms with Gasteiger partial charge in [0.25, 0.3) is 0 Å². The number of hydrogen-bond donors (Lipinski definition) is 0. The second-order valence-electron chi connectivity index (χ2n) is 6.23. The number of carbonyl (C=O) groups excluding carboxylic acids is 2. The molecule has 4 heteroatoms. The second kappa shape index (κ2) is 6.04. The fraction of sp³-hybridized carbons (Fsp3) is 0.250. The number of hydrogen-bond acceptors (Lipinski definition) is 4. The maximum absolute atomic E-state index is 12.4. The Morgan fingerprint density at radius 1 is 0.875 bits per heavy atom. The van der Waals surface area contributed by atoms with Crippen LogP contribution in [0.5, 0.6) is 0 Å². The summed E-state index contributed by atoms with van der Waals surface area (Å²) < 4.78 is 0. The Morgan fingerprint density at radius 3 is 2.33 bits per heavy atom. The lowest BCUT2D eigenvalue weighted by Crippen LogP contribution is -2.31. The number of rotatable bonds is 2. The molecular formula is C20H18N2O2. The van der Waals surface area contributed by atoms with Crippen molar-refractivity contribution < 1.29 is 9.59 Å². The Balaban J connectivity index is 1.92. The lowest BCUT2D eigenvalue weighted by atomic mass is 9.91. The van der Waals surface area contributed by atoms with Gasteiger partial charge in [-0.15, -0.1) is 0 Å². The van der Waals surface area contributed by atoms with E-state index in [0.29, 0.717) is 5.56 Å². The van der Waals surface area contributed by atoms with Gasteiger partial charge in [-0.25, -0.2) is 4.98 Å². The molecule has 1 fully saturated rings. The van der Waals surface area contributed by atoms with Crippen molar-refractivity contribution in [3.63, 3.8) is 0 Å². The van der Waals surface area contributed by atoms with Crippen LogP contribution in [0.1, 0.15) is 40.1 Å². The summed E-state index contributed by atoms with van der Waals surface area (Å²) in [5.74, 6) is 0.450. The van der Waals surface area contributed by atoms with Crippen LogP contribution in [0, 0.1) is 0 Å². The summed E-state index contributed by atoms with van der Waals surface area (Å²) in [4.78, 5) is 31.5. The third-order valence-electron chi connectivity index (χ3n) is 4.64.